The first-order valence-corrected chi connectivity index (χ1v) is 13.0. The summed E-state index contributed by atoms with van der Waals surface area (Å²) >= 11 is 1.76. The first-order chi connectivity index (χ1) is 14.2. The molecule has 30 heavy (non-hydrogen) atoms. The average molecular weight is 556 g/mol. The van der Waals surface area contributed by atoms with Gasteiger partial charge in [-0.15, -0.1) is 35.7 Å². The van der Waals surface area contributed by atoms with Gasteiger partial charge in [-0.2, -0.15) is 0 Å². The second-order valence-corrected chi connectivity index (χ2v) is 9.12. The first kappa shape index (κ1) is 30.0. The third kappa shape index (κ3) is 18.8. The average Bonchev–Trinajstić information content (AvgIpc) is 3.20. The zero-order valence-corrected chi connectivity index (χ0v) is 22.6. The van der Waals surface area contributed by atoms with E-state index in [2.05, 4.69) is 23.4 Å². The van der Waals surface area contributed by atoms with Gasteiger partial charge < -0.3 is 14.4 Å². The number of hydrogen-bond acceptors (Lipinski definition) is 5. The zero-order chi connectivity index (χ0) is 21.0. The molecule has 0 radical (unpaired) electrons. The molecule has 0 aromatic heterocycles. The highest BCUT2D eigenvalue weighted by atomic mass is 127. The second-order valence-electron chi connectivity index (χ2n) is 8.25. The minimum atomic E-state index is -0.231. The van der Waals surface area contributed by atoms with Crippen molar-refractivity contribution < 1.29 is 14.3 Å². The predicted molar refractivity (Wildman–Crippen MR) is 140 cm³/mol. The van der Waals surface area contributed by atoms with Crippen LogP contribution < -0.4 is 0 Å². The molecule has 0 aromatic carbocycles. The van der Waals surface area contributed by atoms with E-state index >= 15 is 0 Å². The molecular weight excluding hydrogens is 509 g/mol. The van der Waals surface area contributed by atoms with Crippen LogP contribution in [0.5, 0.6) is 0 Å². The van der Waals surface area contributed by atoms with Crippen molar-refractivity contribution in [1.82, 2.24) is 4.90 Å². The minimum Gasteiger partial charge on any atom is -0.458 e. The van der Waals surface area contributed by atoms with Gasteiger partial charge in [0, 0.05) is 19.7 Å². The number of halogens is 1. The Morgan fingerprint density at radius 3 is 1.93 bits per heavy atom. The molecule has 0 amide bonds. The van der Waals surface area contributed by atoms with E-state index in [9.17, 15) is 4.79 Å². The summed E-state index contributed by atoms with van der Waals surface area (Å²) in [4.78, 5) is 13.4. The molecule has 1 atom stereocenters. The molecule has 0 bridgehead atoms. The van der Waals surface area contributed by atoms with E-state index < -0.39 is 0 Å². The molecule has 0 spiro atoms. The number of thioether (sulfide) groups is 1. The third-order valence-electron chi connectivity index (χ3n) is 5.33. The van der Waals surface area contributed by atoms with Gasteiger partial charge in [0.15, 0.2) is 0 Å². The van der Waals surface area contributed by atoms with Crippen LogP contribution in [0, 0.1) is 0 Å². The van der Waals surface area contributed by atoms with Gasteiger partial charge in [-0.05, 0) is 11.8 Å². The number of carbonyl (C=O) groups is 1. The lowest BCUT2D eigenvalue weighted by Crippen LogP contribution is -2.34. The minimum absolute atomic E-state index is 0. The van der Waals surface area contributed by atoms with Crippen LogP contribution >= 0.6 is 35.7 Å². The number of hydrogen-bond donors (Lipinski definition) is 0. The number of carbonyl (C=O) groups excluding carboxylic acids is 1. The number of unbranched alkanes of at least 4 members (excludes halogenated alkanes) is 13. The molecule has 0 aromatic rings. The molecule has 4 nitrogen and oxygen atoms in total. The van der Waals surface area contributed by atoms with Gasteiger partial charge in [-0.1, -0.05) is 90.4 Å². The van der Waals surface area contributed by atoms with Crippen molar-refractivity contribution in [3.63, 3.8) is 0 Å². The van der Waals surface area contributed by atoms with E-state index in [1.807, 2.05) is 0 Å². The van der Waals surface area contributed by atoms with Crippen molar-refractivity contribution in [2.75, 3.05) is 25.6 Å². The van der Waals surface area contributed by atoms with Crippen LogP contribution in [0.4, 0.5) is 0 Å². The number of nitrogens with zero attached hydrogens (tertiary/aromatic N) is 1. The summed E-state index contributed by atoms with van der Waals surface area (Å²) in [6.45, 7) is 5.71. The fraction of sp³-hybridized carbons (Fsp3) is 0.875. The molecule has 0 saturated heterocycles. The van der Waals surface area contributed by atoms with Crippen LogP contribution in [0.3, 0.4) is 0 Å². The Morgan fingerprint density at radius 2 is 1.47 bits per heavy atom. The second kappa shape index (κ2) is 22.3. The monoisotopic (exact) mass is 555 g/mol. The molecule has 1 aliphatic heterocycles. The Morgan fingerprint density at radius 1 is 0.933 bits per heavy atom. The van der Waals surface area contributed by atoms with Crippen molar-refractivity contribution in [2.24, 2.45) is 0 Å². The Bertz CT molecular complexity index is 423. The maximum Gasteiger partial charge on any atom is 0.303 e. The summed E-state index contributed by atoms with van der Waals surface area (Å²) < 4.78 is 11.2. The Balaban J connectivity index is 0.00000841. The molecule has 178 valence electrons. The highest BCUT2D eigenvalue weighted by molar-refractivity contribution is 14.0. The van der Waals surface area contributed by atoms with Gasteiger partial charge in [0.05, 0.1) is 19.0 Å². The third-order valence-corrected chi connectivity index (χ3v) is 6.12. The van der Waals surface area contributed by atoms with Crippen molar-refractivity contribution in [2.45, 2.75) is 110 Å². The summed E-state index contributed by atoms with van der Waals surface area (Å²) in [6.07, 6.45) is 21.0. The van der Waals surface area contributed by atoms with Crippen LogP contribution in [-0.2, 0) is 14.3 Å². The smallest absolute Gasteiger partial charge is 0.303 e. The molecule has 1 heterocycles. The lowest BCUT2D eigenvalue weighted by Gasteiger charge is -2.23. The van der Waals surface area contributed by atoms with E-state index in [-0.39, 0.29) is 36.0 Å². The van der Waals surface area contributed by atoms with Crippen molar-refractivity contribution in [3.8, 4) is 0 Å². The Kier molecular flexibility index (Phi) is 22.3. The Labute approximate surface area is 207 Å². The highest BCUT2D eigenvalue weighted by Crippen LogP contribution is 2.16. The summed E-state index contributed by atoms with van der Waals surface area (Å²) in [7, 11) is 0. The normalized spacial score (nSPS) is 14.0. The summed E-state index contributed by atoms with van der Waals surface area (Å²) in [5.74, 6) is 0.697. The van der Waals surface area contributed by atoms with E-state index in [1.165, 1.54) is 90.4 Å². The topological polar surface area (TPSA) is 38.8 Å². The molecule has 0 fully saturated rings. The zero-order valence-electron chi connectivity index (χ0n) is 19.4. The maximum absolute atomic E-state index is 11.3. The lowest BCUT2D eigenvalue weighted by atomic mass is 10.0. The predicted octanol–water partition coefficient (Wildman–Crippen LogP) is 7.51. The van der Waals surface area contributed by atoms with E-state index in [4.69, 9.17) is 9.47 Å². The largest absolute Gasteiger partial charge is 0.458 e. The molecule has 6 heteroatoms. The Hall–Kier alpha value is 0.0500. The first-order valence-electron chi connectivity index (χ1n) is 12.0. The van der Waals surface area contributed by atoms with Crippen molar-refractivity contribution in [3.05, 3.63) is 11.6 Å². The number of ether oxygens (including phenoxy) is 2. The van der Waals surface area contributed by atoms with Gasteiger partial charge in [0.25, 0.3) is 0 Å². The van der Waals surface area contributed by atoms with Gasteiger partial charge in [-0.3, -0.25) is 4.79 Å². The van der Waals surface area contributed by atoms with Gasteiger partial charge in [0.1, 0.15) is 6.10 Å². The van der Waals surface area contributed by atoms with Crippen LogP contribution in [-0.4, -0.2) is 42.6 Å². The molecule has 0 N–H and O–H groups in total. The van der Waals surface area contributed by atoms with Crippen LogP contribution in [0.25, 0.3) is 0 Å². The molecule has 0 saturated carbocycles. The van der Waals surface area contributed by atoms with Gasteiger partial charge >= 0.3 is 5.97 Å². The van der Waals surface area contributed by atoms with Gasteiger partial charge in [0.2, 0.25) is 0 Å². The highest BCUT2D eigenvalue weighted by Gasteiger charge is 2.17. The summed E-state index contributed by atoms with van der Waals surface area (Å²) in [5.41, 5.74) is 0. The number of esters is 1. The van der Waals surface area contributed by atoms with E-state index in [0.717, 1.165) is 18.9 Å². The SMILES string of the molecule is CCCCCCCCCCCCCCCCOCC(CN1C=CSC1)OC(C)=O.I. The lowest BCUT2D eigenvalue weighted by molar-refractivity contribution is -0.150. The quantitative estimate of drug-likeness (QED) is 0.0883. The molecule has 1 rings (SSSR count). The van der Waals surface area contributed by atoms with Crippen molar-refractivity contribution in [1.29, 1.82) is 0 Å². The van der Waals surface area contributed by atoms with E-state index in [0.29, 0.717) is 13.2 Å². The fourth-order valence-corrected chi connectivity index (χ4v) is 4.39. The van der Waals surface area contributed by atoms with Crippen LogP contribution in [0.2, 0.25) is 0 Å². The standard InChI is InChI=1S/C24H45NO3S.HI/c1-3-4-5-6-7-8-9-10-11-12-13-14-15-16-18-27-21-24(28-23(2)26)20-25-17-19-29-22-25;/h17,19,24H,3-16,18,20-22H2,1-2H3;1H. The van der Waals surface area contributed by atoms with Crippen LogP contribution in [0.15, 0.2) is 11.6 Å². The fourth-order valence-electron chi connectivity index (χ4n) is 3.66. The molecule has 0 aliphatic carbocycles. The summed E-state index contributed by atoms with van der Waals surface area (Å²) in [6, 6.07) is 0. The summed E-state index contributed by atoms with van der Waals surface area (Å²) in [5, 5.41) is 2.07. The van der Waals surface area contributed by atoms with Crippen molar-refractivity contribution >= 4 is 41.7 Å². The van der Waals surface area contributed by atoms with Crippen LogP contribution in [0.1, 0.15) is 104 Å². The molecular formula is C24H46INO3S. The maximum atomic E-state index is 11.3. The number of rotatable bonds is 20. The van der Waals surface area contributed by atoms with E-state index in [1.54, 1.807) is 11.8 Å². The molecule has 1 aliphatic rings. The van der Waals surface area contributed by atoms with Gasteiger partial charge in [-0.25, -0.2) is 0 Å². The molecule has 1 unspecified atom stereocenters.